The minimum Gasteiger partial charge on any atom is -0.481 e. The predicted molar refractivity (Wildman–Crippen MR) is 115 cm³/mol. The maximum absolute atomic E-state index is 12.5. The highest BCUT2D eigenvalue weighted by molar-refractivity contribution is 6.30. The van der Waals surface area contributed by atoms with Gasteiger partial charge in [-0.2, -0.15) is 0 Å². The standard InChI is InChI=1S/C23H19ClN2O5/c24-18-3-1-2-16(11-18)15-6-4-14(5-7-15)10-19(13-21(27)28)26-22(29)17-8-9-25-20(12-17)23(30)31/h1-9,11-12,19H,10,13H2,(H,26,29)(H,27,28)(H,30,31)/t19-/m1/s1. The van der Waals surface area contributed by atoms with Crippen molar-refractivity contribution in [3.63, 3.8) is 0 Å². The fourth-order valence-corrected chi connectivity index (χ4v) is 3.32. The van der Waals surface area contributed by atoms with E-state index in [0.717, 1.165) is 22.8 Å². The number of hydrogen-bond acceptors (Lipinski definition) is 4. The van der Waals surface area contributed by atoms with Crippen LogP contribution in [0.25, 0.3) is 11.1 Å². The average molecular weight is 439 g/mol. The van der Waals surface area contributed by atoms with E-state index in [1.807, 2.05) is 42.5 Å². The number of carbonyl (C=O) groups is 3. The van der Waals surface area contributed by atoms with Crippen LogP contribution in [0.1, 0.15) is 32.8 Å². The molecule has 0 fully saturated rings. The third-order valence-electron chi connectivity index (χ3n) is 4.59. The van der Waals surface area contributed by atoms with Gasteiger partial charge in [0.05, 0.1) is 6.42 Å². The lowest BCUT2D eigenvalue weighted by molar-refractivity contribution is -0.137. The molecule has 1 amide bonds. The van der Waals surface area contributed by atoms with Crippen molar-refractivity contribution in [3.8, 4) is 11.1 Å². The molecule has 0 saturated carbocycles. The summed E-state index contributed by atoms with van der Waals surface area (Å²) in [4.78, 5) is 38.5. The van der Waals surface area contributed by atoms with Gasteiger partial charge in [-0.1, -0.05) is 48.0 Å². The number of rotatable bonds is 8. The van der Waals surface area contributed by atoms with Gasteiger partial charge in [0, 0.05) is 22.8 Å². The van der Waals surface area contributed by atoms with Crippen molar-refractivity contribution >= 4 is 29.4 Å². The van der Waals surface area contributed by atoms with Crippen LogP contribution in [-0.4, -0.2) is 39.1 Å². The molecular weight excluding hydrogens is 420 g/mol. The second-order valence-corrected chi connectivity index (χ2v) is 7.35. The second-order valence-electron chi connectivity index (χ2n) is 6.91. The third kappa shape index (κ3) is 6.13. The Morgan fingerprint density at radius 3 is 2.35 bits per heavy atom. The Labute approximate surface area is 183 Å². The lowest BCUT2D eigenvalue weighted by atomic mass is 9.99. The van der Waals surface area contributed by atoms with Crippen molar-refractivity contribution in [2.45, 2.75) is 18.9 Å². The van der Waals surface area contributed by atoms with Gasteiger partial charge in [-0.15, -0.1) is 0 Å². The molecule has 0 unspecified atom stereocenters. The molecule has 0 radical (unpaired) electrons. The summed E-state index contributed by atoms with van der Waals surface area (Å²) in [5, 5.41) is 21.6. The van der Waals surface area contributed by atoms with Crippen LogP contribution in [-0.2, 0) is 11.2 Å². The molecule has 0 aliphatic rings. The number of aromatic carboxylic acids is 1. The Bertz CT molecular complexity index is 1110. The first kappa shape index (κ1) is 22.0. The molecule has 1 heterocycles. The molecule has 0 aliphatic heterocycles. The van der Waals surface area contributed by atoms with E-state index in [4.69, 9.17) is 16.7 Å². The minimum absolute atomic E-state index is 0.0964. The molecule has 31 heavy (non-hydrogen) atoms. The molecule has 3 rings (SSSR count). The molecule has 2 aromatic carbocycles. The Morgan fingerprint density at radius 1 is 0.968 bits per heavy atom. The second kappa shape index (κ2) is 9.86. The van der Waals surface area contributed by atoms with Crippen LogP contribution in [0, 0.1) is 0 Å². The SMILES string of the molecule is O=C(O)C[C@@H](Cc1ccc(-c2cccc(Cl)c2)cc1)NC(=O)c1ccnc(C(=O)O)c1. The highest BCUT2D eigenvalue weighted by Gasteiger charge is 2.19. The van der Waals surface area contributed by atoms with Crippen LogP contribution < -0.4 is 5.32 Å². The van der Waals surface area contributed by atoms with E-state index in [9.17, 15) is 19.5 Å². The Kier molecular flexibility index (Phi) is 6.99. The zero-order valence-corrected chi connectivity index (χ0v) is 17.0. The number of aromatic nitrogens is 1. The number of pyridine rings is 1. The molecule has 158 valence electrons. The fourth-order valence-electron chi connectivity index (χ4n) is 3.13. The van der Waals surface area contributed by atoms with Crippen molar-refractivity contribution in [1.29, 1.82) is 0 Å². The van der Waals surface area contributed by atoms with Gasteiger partial charge in [-0.3, -0.25) is 9.59 Å². The van der Waals surface area contributed by atoms with Crippen molar-refractivity contribution in [1.82, 2.24) is 10.3 Å². The van der Waals surface area contributed by atoms with Crippen molar-refractivity contribution < 1.29 is 24.6 Å². The number of nitrogens with one attached hydrogen (secondary N) is 1. The monoisotopic (exact) mass is 438 g/mol. The first-order valence-corrected chi connectivity index (χ1v) is 9.76. The summed E-state index contributed by atoms with van der Waals surface area (Å²) in [5.41, 5.74) is 2.60. The van der Waals surface area contributed by atoms with Crippen LogP contribution in [0.3, 0.4) is 0 Å². The number of hydrogen-bond donors (Lipinski definition) is 3. The maximum atomic E-state index is 12.5. The molecule has 0 spiro atoms. The summed E-state index contributed by atoms with van der Waals surface area (Å²) >= 11 is 6.04. The van der Waals surface area contributed by atoms with Gasteiger partial charge in [0.1, 0.15) is 5.69 Å². The molecule has 3 aromatic rings. The molecule has 7 nitrogen and oxygen atoms in total. The van der Waals surface area contributed by atoms with Crippen molar-refractivity contribution in [2.24, 2.45) is 0 Å². The van der Waals surface area contributed by atoms with Gasteiger partial charge in [0.15, 0.2) is 0 Å². The van der Waals surface area contributed by atoms with Crippen LogP contribution in [0.4, 0.5) is 0 Å². The maximum Gasteiger partial charge on any atom is 0.354 e. The van der Waals surface area contributed by atoms with Crippen molar-refractivity contribution in [3.05, 3.63) is 88.7 Å². The predicted octanol–water partition coefficient (Wildman–Crippen LogP) is 3.92. The number of amides is 1. The molecule has 0 saturated heterocycles. The van der Waals surface area contributed by atoms with Gasteiger partial charge in [-0.25, -0.2) is 9.78 Å². The molecule has 1 atom stereocenters. The fraction of sp³-hybridized carbons (Fsp3) is 0.130. The summed E-state index contributed by atoms with van der Waals surface area (Å²) in [6.07, 6.45) is 1.24. The van der Waals surface area contributed by atoms with Crippen molar-refractivity contribution in [2.75, 3.05) is 0 Å². The van der Waals surface area contributed by atoms with E-state index in [-0.39, 0.29) is 17.7 Å². The zero-order chi connectivity index (χ0) is 22.4. The summed E-state index contributed by atoms with van der Waals surface area (Å²) in [6, 6.07) is 16.8. The zero-order valence-electron chi connectivity index (χ0n) is 16.3. The number of benzene rings is 2. The summed E-state index contributed by atoms with van der Waals surface area (Å²) in [5.74, 6) is -2.87. The van der Waals surface area contributed by atoms with Gasteiger partial charge < -0.3 is 15.5 Å². The quantitative estimate of drug-likeness (QED) is 0.491. The molecule has 1 aromatic heterocycles. The van der Waals surface area contributed by atoms with Crippen LogP contribution in [0.2, 0.25) is 5.02 Å². The molecule has 3 N–H and O–H groups in total. The Morgan fingerprint density at radius 2 is 1.71 bits per heavy atom. The Hall–Kier alpha value is -3.71. The van der Waals surface area contributed by atoms with E-state index < -0.39 is 23.9 Å². The third-order valence-corrected chi connectivity index (χ3v) is 4.83. The number of halogens is 1. The highest BCUT2D eigenvalue weighted by atomic mass is 35.5. The topological polar surface area (TPSA) is 117 Å². The number of carboxylic acid groups (broad SMARTS) is 2. The number of carbonyl (C=O) groups excluding carboxylic acids is 1. The first-order valence-electron chi connectivity index (χ1n) is 9.38. The van der Waals surface area contributed by atoms with Crippen LogP contribution >= 0.6 is 11.6 Å². The lowest BCUT2D eigenvalue weighted by Gasteiger charge is -2.17. The van der Waals surface area contributed by atoms with E-state index in [2.05, 4.69) is 10.3 Å². The summed E-state index contributed by atoms with van der Waals surface area (Å²) in [7, 11) is 0. The normalized spacial score (nSPS) is 11.5. The van der Waals surface area contributed by atoms with Gasteiger partial charge >= 0.3 is 11.9 Å². The average Bonchev–Trinajstić information content (AvgIpc) is 2.74. The van der Waals surface area contributed by atoms with E-state index in [1.54, 1.807) is 6.07 Å². The van der Waals surface area contributed by atoms with E-state index in [1.165, 1.54) is 12.3 Å². The smallest absolute Gasteiger partial charge is 0.354 e. The van der Waals surface area contributed by atoms with E-state index in [0.29, 0.717) is 11.4 Å². The first-order chi connectivity index (χ1) is 14.8. The molecule has 8 heteroatoms. The minimum atomic E-state index is -1.25. The number of nitrogens with zero attached hydrogens (tertiary/aromatic N) is 1. The van der Waals surface area contributed by atoms with Gasteiger partial charge in [0.25, 0.3) is 5.91 Å². The molecule has 0 bridgehead atoms. The Balaban J connectivity index is 1.74. The molecule has 0 aliphatic carbocycles. The number of carboxylic acids is 2. The molecular formula is C23H19ClN2O5. The summed E-state index contributed by atoms with van der Waals surface area (Å²) in [6.45, 7) is 0. The number of aliphatic carboxylic acids is 1. The van der Waals surface area contributed by atoms with E-state index >= 15 is 0 Å². The lowest BCUT2D eigenvalue weighted by Crippen LogP contribution is -2.38. The van der Waals surface area contributed by atoms with Gasteiger partial charge in [0.2, 0.25) is 0 Å². The van der Waals surface area contributed by atoms with Gasteiger partial charge in [-0.05, 0) is 47.4 Å². The van der Waals surface area contributed by atoms with Crippen LogP contribution in [0.15, 0.2) is 66.9 Å². The van der Waals surface area contributed by atoms with Crippen LogP contribution in [0.5, 0.6) is 0 Å². The summed E-state index contributed by atoms with van der Waals surface area (Å²) < 4.78 is 0. The highest BCUT2D eigenvalue weighted by Crippen LogP contribution is 2.23. The largest absolute Gasteiger partial charge is 0.481 e.